The summed E-state index contributed by atoms with van der Waals surface area (Å²) >= 11 is 0. The van der Waals surface area contributed by atoms with Gasteiger partial charge in [0.25, 0.3) is 11.5 Å². The molecule has 0 bridgehead atoms. The van der Waals surface area contributed by atoms with E-state index in [4.69, 9.17) is 4.84 Å². The molecule has 0 aliphatic heterocycles. The molecule has 7 heteroatoms. The number of benzene rings is 2. The average Bonchev–Trinajstić information content (AvgIpc) is 3.23. The highest BCUT2D eigenvalue weighted by Crippen LogP contribution is 2.21. The minimum atomic E-state index is -0.656. The Hall–Kier alpha value is -3.55. The number of hydrogen-bond acceptors (Lipinski definition) is 5. The van der Waals surface area contributed by atoms with Gasteiger partial charge in [0.1, 0.15) is 0 Å². The maximum atomic E-state index is 12.9. The molecule has 0 spiro atoms. The quantitative estimate of drug-likeness (QED) is 0.504. The molecule has 0 unspecified atom stereocenters. The van der Waals surface area contributed by atoms with E-state index >= 15 is 0 Å². The van der Waals surface area contributed by atoms with Gasteiger partial charge in [-0.3, -0.25) is 19.0 Å². The molecule has 0 saturated carbocycles. The lowest BCUT2D eigenvalue weighted by atomic mass is 10.2. The Bertz CT molecular complexity index is 1170. The number of nitrogens with one attached hydrogen (secondary N) is 1. The Morgan fingerprint density at radius 1 is 0.967 bits per heavy atom. The molecule has 2 aromatic carbocycles. The fourth-order valence-corrected chi connectivity index (χ4v) is 3.42. The second-order valence-corrected chi connectivity index (χ2v) is 7.04. The van der Waals surface area contributed by atoms with Crippen LogP contribution in [0.3, 0.4) is 0 Å². The highest BCUT2D eigenvalue weighted by atomic mass is 16.6. The molecule has 1 heterocycles. The maximum Gasteiger partial charge on any atom is 0.338 e. The van der Waals surface area contributed by atoms with E-state index in [2.05, 4.69) is 5.48 Å². The van der Waals surface area contributed by atoms with Crippen molar-refractivity contribution in [3.63, 3.8) is 0 Å². The van der Waals surface area contributed by atoms with Gasteiger partial charge in [0.2, 0.25) is 0 Å². The van der Waals surface area contributed by atoms with Gasteiger partial charge in [-0.1, -0.05) is 60.7 Å². The van der Waals surface area contributed by atoms with Gasteiger partial charge in [0.05, 0.1) is 18.7 Å². The number of nitrogens with zero attached hydrogens (tertiary/aromatic N) is 2. The summed E-state index contributed by atoms with van der Waals surface area (Å²) in [6.45, 7) is 0.423. The molecule has 3 aromatic rings. The Labute approximate surface area is 172 Å². The van der Waals surface area contributed by atoms with Gasteiger partial charge in [-0.2, -0.15) is 10.0 Å². The summed E-state index contributed by atoms with van der Waals surface area (Å²) in [7, 11) is 0. The van der Waals surface area contributed by atoms with Crippen molar-refractivity contribution >= 4 is 5.91 Å². The third-order valence-electron chi connectivity index (χ3n) is 4.97. The molecule has 1 aliphatic rings. The molecule has 0 amide bonds. The van der Waals surface area contributed by atoms with Crippen LogP contribution in [0, 0.1) is 0 Å². The molecule has 0 fully saturated rings. The standard InChI is InChI=1S/C23H21N3O4/c27-21-13-14-25(23(29)26(21)22(28)18-9-5-2-6-10-18)20-12-11-19(15-20)24-30-16-17-7-3-1-4-8-17/h1-14,19-20,24H,15-16H2/t19-,20+/m1/s1. The first-order valence-electron chi connectivity index (χ1n) is 9.67. The normalized spacial score (nSPS) is 17.9. The Balaban J connectivity index is 1.46. The highest BCUT2D eigenvalue weighted by Gasteiger charge is 2.24. The lowest BCUT2D eigenvalue weighted by Crippen LogP contribution is -2.44. The molecule has 1 aromatic heterocycles. The Morgan fingerprint density at radius 3 is 2.40 bits per heavy atom. The van der Waals surface area contributed by atoms with Crippen molar-refractivity contribution in [1.82, 2.24) is 14.6 Å². The Morgan fingerprint density at radius 2 is 1.67 bits per heavy atom. The van der Waals surface area contributed by atoms with Crippen LogP contribution < -0.4 is 16.7 Å². The summed E-state index contributed by atoms with van der Waals surface area (Å²) in [5, 5.41) is 0. The van der Waals surface area contributed by atoms with Crippen molar-refractivity contribution < 1.29 is 9.63 Å². The van der Waals surface area contributed by atoms with Gasteiger partial charge in [0.15, 0.2) is 0 Å². The van der Waals surface area contributed by atoms with Gasteiger partial charge in [-0.15, -0.1) is 0 Å². The third kappa shape index (κ3) is 4.22. The first kappa shape index (κ1) is 19.8. The first-order valence-corrected chi connectivity index (χ1v) is 9.67. The number of allylic oxidation sites excluding steroid dienone is 1. The number of carbonyl (C=O) groups excluding carboxylic acids is 1. The van der Waals surface area contributed by atoms with Crippen molar-refractivity contribution in [2.45, 2.75) is 25.1 Å². The van der Waals surface area contributed by atoms with Gasteiger partial charge in [-0.25, -0.2) is 4.79 Å². The molecule has 7 nitrogen and oxygen atoms in total. The fourth-order valence-electron chi connectivity index (χ4n) is 3.42. The molecule has 0 radical (unpaired) electrons. The molecule has 4 rings (SSSR count). The van der Waals surface area contributed by atoms with Crippen molar-refractivity contribution in [3.05, 3.63) is 117 Å². The van der Waals surface area contributed by atoms with Crippen LogP contribution in [0.4, 0.5) is 0 Å². The maximum absolute atomic E-state index is 12.9. The van der Waals surface area contributed by atoms with Crippen molar-refractivity contribution in [2.75, 3.05) is 0 Å². The fraction of sp³-hybridized carbons (Fsp3) is 0.174. The van der Waals surface area contributed by atoms with Crippen LogP contribution in [0.15, 0.2) is 94.7 Å². The third-order valence-corrected chi connectivity index (χ3v) is 4.97. The number of rotatable bonds is 6. The summed E-state index contributed by atoms with van der Waals surface area (Å²) < 4.78 is 2.08. The largest absolute Gasteiger partial charge is 0.338 e. The van der Waals surface area contributed by atoms with Crippen LogP contribution in [0.1, 0.15) is 28.4 Å². The van der Waals surface area contributed by atoms with Crippen LogP contribution >= 0.6 is 0 Å². The zero-order valence-electron chi connectivity index (χ0n) is 16.2. The summed E-state index contributed by atoms with van der Waals surface area (Å²) in [4.78, 5) is 43.4. The van der Waals surface area contributed by atoms with Crippen LogP contribution in [0.25, 0.3) is 0 Å². The number of aromatic nitrogens is 2. The minimum Gasteiger partial charge on any atom is -0.296 e. The summed E-state index contributed by atoms with van der Waals surface area (Å²) in [6, 6.07) is 18.9. The van der Waals surface area contributed by atoms with Crippen molar-refractivity contribution in [1.29, 1.82) is 0 Å². The topological polar surface area (TPSA) is 82.3 Å². The van der Waals surface area contributed by atoms with Gasteiger partial charge < -0.3 is 0 Å². The molecule has 152 valence electrons. The van der Waals surface area contributed by atoms with E-state index in [0.29, 0.717) is 17.6 Å². The molecular weight excluding hydrogens is 382 g/mol. The predicted octanol–water partition coefficient (Wildman–Crippen LogP) is 2.29. The van der Waals surface area contributed by atoms with Crippen LogP contribution in [0.2, 0.25) is 0 Å². The average molecular weight is 403 g/mol. The molecule has 0 saturated heterocycles. The molecule has 2 atom stereocenters. The zero-order valence-corrected chi connectivity index (χ0v) is 16.2. The zero-order chi connectivity index (χ0) is 20.9. The van der Waals surface area contributed by atoms with E-state index in [1.807, 2.05) is 42.5 Å². The van der Waals surface area contributed by atoms with Crippen LogP contribution in [-0.4, -0.2) is 21.1 Å². The van der Waals surface area contributed by atoms with Crippen LogP contribution in [0.5, 0.6) is 0 Å². The molecule has 1 N–H and O–H groups in total. The first-order chi connectivity index (χ1) is 14.6. The summed E-state index contributed by atoms with van der Waals surface area (Å²) in [5.41, 5.74) is 3.02. The molecular formula is C23H21N3O4. The molecule has 30 heavy (non-hydrogen) atoms. The monoisotopic (exact) mass is 403 g/mol. The van der Waals surface area contributed by atoms with E-state index in [1.54, 1.807) is 30.3 Å². The summed E-state index contributed by atoms with van der Waals surface area (Å²) in [6.07, 6.45) is 5.78. The lowest BCUT2D eigenvalue weighted by Gasteiger charge is -2.16. The van der Waals surface area contributed by atoms with Gasteiger partial charge in [0, 0.05) is 17.8 Å². The summed E-state index contributed by atoms with van der Waals surface area (Å²) in [5.74, 6) is -0.636. The van der Waals surface area contributed by atoms with E-state index in [0.717, 1.165) is 5.56 Å². The van der Waals surface area contributed by atoms with Crippen LogP contribution in [-0.2, 0) is 11.4 Å². The predicted molar refractivity (Wildman–Crippen MR) is 112 cm³/mol. The van der Waals surface area contributed by atoms with E-state index in [1.165, 1.54) is 16.8 Å². The second-order valence-electron chi connectivity index (χ2n) is 7.04. The minimum absolute atomic E-state index is 0.0872. The van der Waals surface area contributed by atoms with Crippen molar-refractivity contribution in [3.8, 4) is 0 Å². The number of hydrogen-bond donors (Lipinski definition) is 1. The number of carbonyl (C=O) groups is 1. The second kappa shape index (κ2) is 8.86. The lowest BCUT2D eigenvalue weighted by molar-refractivity contribution is 0.0122. The smallest absolute Gasteiger partial charge is 0.296 e. The molecule has 1 aliphatic carbocycles. The van der Waals surface area contributed by atoms with Gasteiger partial charge >= 0.3 is 5.69 Å². The SMILES string of the molecule is O=C(c1ccccc1)n1c(=O)ccn([C@H]2C=C[C@@H](NOCc3ccccc3)C2)c1=O. The number of hydroxylamine groups is 1. The highest BCUT2D eigenvalue weighted by molar-refractivity contribution is 5.95. The van der Waals surface area contributed by atoms with E-state index < -0.39 is 17.2 Å². The van der Waals surface area contributed by atoms with Gasteiger partial charge in [-0.05, 0) is 24.1 Å². The van der Waals surface area contributed by atoms with E-state index in [9.17, 15) is 14.4 Å². The van der Waals surface area contributed by atoms with E-state index in [-0.39, 0.29) is 17.6 Å². The Kier molecular flexibility index (Phi) is 5.83. The van der Waals surface area contributed by atoms with Crippen molar-refractivity contribution in [2.24, 2.45) is 0 Å².